The largest absolute Gasteiger partial charge is 0.497 e. The average molecular weight is 548 g/mol. The summed E-state index contributed by atoms with van der Waals surface area (Å²) in [5.74, 6) is 0.466. The van der Waals surface area contributed by atoms with Crippen molar-refractivity contribution >= 4 is 17.9 Å². The molecule has 0 spiro atoms. The lowest BCUT2D eigenvalue weighted by Gasteiger charge is -2.38. The number of fused-ring (bicyclic) bond motifs is 1. The quantitative estimate of drug-likeness (QED) is 0.417. The molecular formula is C25H26F6N2O5. The van der Waals surface area contributed by atoms with Crippen molar-refractivity contribution in [3.05, 3.63) is 58.7 Å². The van der Waals surface area contributed by atoms with Gasteiger partial charge in [-0.3, -0.25) is 4.90 Å². The van der Waals surface area contributed by atoms with Crippen LogP contribution in [0.25, 0.3) is 0 Å². The molecule has 208 valence electrons. The van der Waals surface area contributed by atoms with Crippen LogP contribution >= 0.6 is 0 Å². The van der Waals surface area contributed by atoms with Crippen LogP contribution < -0.4 is 15.0 Å². The fraction of sp³-hybridized carbons (Fsp3) is 0.440. The molecule has 3 rings (SSSR count). The maximum absolute atomic E-state index is 13.1. The molecule has 2 amide bonds. The summed E-state index contributed by atoms with van der Waals surface area (Å²) in [6.07, 6.45) is -11.5. The predicted molar refractivity (Wildman–Crippen MR) is 124 cm³/mol. The number of amides is 2. The van der Waals surface area contributed by atoms with Crippen LogP contribution in [0.15, 0.2) is 36.4 Å². The molecule has 1 aliphatic heterocycles. The fourth-order valence-electron chi connectivity index (χ4n) is 4.18. The molecule has 2 aromatic rings. The van der Waals surface area contributed by atoms with Gasteiger partial charge in [-0.25, -0.2) is 9.59 Å². The van der Waals surface area contributed by atoms with Crippen molar-refractivity contribution in [3.8, 4) is 5.75 Å². The number of nitrogens with zero attached hydrogens (tertiary/aromatic N) is 1. The van der Waals surface area contributed by atoms with E-state index in [9.17, 15) is 35.9 Å². The molecule has 2 unspecified atom stereocenters. The average Bonchev–Trinajstić information content (AvgIpc) is 2.82. The van der Waals surface area contributed by atoms with Crippen LogP contribution in [0.4, 0.5) is 41.6 Å². The van der Waals surface area contributed by atoms with E-state index in [4.69, 9.17) is 14.2 Å². The van der Waals surface area contributed by atoms with Gasteiger partial charge in [-0.05, 0) is 55.7 Å². The molecule has 2 aromatic carbocycles. The smallest absolute Gasteiger partial charge is 0.416 e. The Labute approximate surface area is 214 Å². The summed E-state index contributed by atoms with van der Waals surface area (Å²) in [5.41, 5.74) is -2.15. The van der Waals surface area contributed by atoms with Crippen LogP contribution in [0.2, 0.25) is 0 Å². The molecule has 0 saturated carbocycles. The van der Waals surface area contributed by atoms with E-state index in [2.05, 4.69) is 5.32 Å². The van der Waals surface area contributed by atoms with Crippen LogP contribution in [-0.2, 0) is 28.2 Å². The Morgan fingerprint density at radius 2 is 1.63 bits per heavy atom. The Hall–Kier alpha value is -3.64. The van der Waals surface area contributed by atoms with E-state index in [0.717, 1.165) is 0 Å². The molecule has 0 aromatic heterocycles. The zero-order chi connectivity index (χ0) is 28.3. The lowest BCUT2D eigenvalue weighted by molar-refractivity contribution is -0.143. The van der Waals surface area contributed by atoms with Crippen molar-refractivity contribution in [3.63, 3.8) is 0 Å². The summed E-state index contributed by atoms with van der Waals surface area (Å²) < 4.78 is 93.8. The Kier molecular flexibility index (Phi) is 8.68. The Morgan fingerprint density at radius 3 is 2.18 bits per heavy atom. The summed E-state index contributed by atoms with van der Waals surface area (Å²) in [6, 6.07) is 5.14. The summed E-state index contributed by atoms with van der Waals surface area (Å²) in [4.78, 5) is 26.5. The second-order valence-corrected chi connectivity index (χ2v) is 8.58. The molecule has 13 heteroatoms. The van der Waals surface area contributed by atoms with E-state index < -0.39 is 54.4 Å². The number of hydrogen-bond acceptors (Lipinski definition) is 5. The van der Waals surface area contributed by atoms with Crippen molar-refractivity contribution < 1.29 is 50.1 Å². The van der Waals surface area contributed by atoms with Crippen LogP contribution in [0, 0.1) is 0 Å². The molecule has 0 bridgehead atoms. The van der Waals surface area contributed by atoms with Gasteiger partial charge in [-0.2, -0.15) is 26.3 Å². The van der Waals surface area contributed by atoms with Gasteiger partial charge in [0, 0.05) is 18.5 Å². The molecule has 0 fully saturated rings. The van der Waals surface area contributed by atoms with Gasteiger partial charge in [0.2, 0.25) is 0 Å². The number of anilines is 1. The first-order chi connectivity index (χ1) is 17.7. The highest BCUT2D eigenvalue weighted by atomic mass is 19.4. The minimum absolute atomic E-state index is 0.0350. The Morgan fingerprint density at radius 1 is 1.00 bits per heavy atom. The third-order valence-corrected chi connectivity index (χ3v) is 5.92. The standard InChI is InChI=1S/C25H26F6N2O5/c1-4-37-23(35)33-14(2)9-20(19-6-5-18(36-3)13-21(19)33)32-22(34)38-8-7-15-10-16(24(26,27)28)12-17(11-15)25(29,30)31/h5-6,10-14,20H,4,7-9H2,1-3H3,(H,32,34). The van der Waals surface area contributed by atoms with Crippen molar-refractivity contribution in [2.45, 2.75) is 51.1 Å². The van der Waals surface area contributed by atoms with Gasteiger partial charge in [0.25, 0.3) is 0 Å². The van der Waals surface area contributed by atoms with Gasteiger partial charge >= 0.3 is 24.5 Å². The van der Waals surface area contributed by atoms with Crippen LogP contribution in [-0.4, -0.2) is 38.6 Å². The van der Waals surface area contributed by atoms with E-state index >= 15 is 0 Å². The number of benzene rings is 2. The number of carbonyl (C=O) groups is 2. The van der Waals surface area contributed by atoms with Gasteiger partial charge in [0.15, 0.2) is 0 Å². The Bertz CT molecular complexity index is 1140. The first-order valence-corrected chi connectivity index (χ1v) is 11.6. The summed E-state index contributed by atoms with van der Waals surface area (Å²) in [5, 5.41) is 2.65. The monoisotopic (exact) mass is 548 g/mol. The molecule has 0 radical (unpaired) electrons. The van der Waals surface area contributed by atoms with Crippen LogP contribution in [0.5, 0.6) is 5.75 Å². The number of halogens is 6. The van der Waals surface area contributed by atoms with E-state index in [1.807, 2.05) is 0 Å². The van der Waals surface area contributed by atoms with Crippen molar-refractivity contribution in [1.29, 1.82) is 0 Å². The van der Waals surface area contributed by atoms with Crippen LogP contribution in [0.3, 0.4) is 0 Å². The minimum atomic E-state index is -4.97. The molecule has 1 N–H and O–H groups in total. The second kappa shape index (κ2) is 11.4. The fourth-order valence-corrected chi connectivity index (χ4v) is 4.18. The van der Waals surface area contributed by atoms with Gasteiger partial charge in [0.1, 0.15) is 5.75 Å². The number of methoxy groups -OCH3 is 1. The number of alkyl halides is 6. The lowest BCUT2D eigenvalue weighted by atomic mass is 9.92. The van der Waals surface area contributed by atoms with E-state index in [1.54, 1.807) is 32.0 Å². The summed E-state index contributed by atoms with van der Waals surface area (Å²) in [6.45, 7) is 3.12. The number of rotatable bonds is 6. The maximum Gasteiger partial charge on any atom is 0.416 e. The molecular weight excluding hydrogens is 522 g/mol. The Balaban J connectivity index is 1.72. The topological polar surface area (TPSA) is 77.1 Å². The van der Waals surface area contributed by atoms with Gasteiger partial charge in [-0.1, -0.05) is 6.07 Å². The molecule has 0 saturated heterocycles. The normalized spacial score (nSPS) is 17.4. The first-order valence-electron chi connectivity index (χ1n) is 11.6. The highest BCUT2D eigenvalue weighted by Crippen LogP contribution is 2.40. The molecule has 0 aliphatic carbocycles. The van der Waals surface area contributed by atoms with Crippen molar-refractivity contribution in [2.24, 2.45) is 0 Å². The first kappa shape index (κ1) is 28.9. The highest BCUT2D eigenvalue weighted by Gasteiger charge is 2.38. The summed E-state index contributed by atoms with van der Waals surface area (Å²) in [7, 11) is 1.46. The van der Waals surface area contributed by atoms with E-state index in [1.165, 1.54) is 12.0 Å². The van der Waals surface area contributed by atoms with Crippen molar-refractivity contribution in [2.75, 3.05) is 25.2 Å². The number of carbonyl (C=O) groups excluding carboxylic acids is 2. The second-order valence-electron chi connectivity index (χ2n) is 8.58. The van der Waals surface area contributed by atoms with Crippen molar-refractivity contribution in [1.82, 2.24) is 5.32 Å². The molecule has 1 aliphatic rings. The summed E-state index contributed by atoms with van der Waals surface area (Å²) >= 11 is 0. The van der Waals surface area contributed by atoms with Gasteiger partial charge < -0.3 is 19.5 Å². The third kappa shape index (κ3) is 6.81. The molecule has 2 atom stereocenters. The molecule has 1 heterocycles. The SMILES string of the molecule is CCOC(=O)N1c2cc(OC)ccc2C(NC(=O)OCCc2cc(C(F)(F)F)cc(C(F)(F)F)c2)CC1C. The number of ether oxygens (including phenoxy) is 3. The highest BCUT2D eigenvalue weighted by molar-refractivity contribution is 5.90. The number of alkyl carbamates (subject to hydrolysis) is 1. The van der Waals surface area contributed by atoms with Crippen LogP contribution in [0.1, 0.15) is 48.6 Å². The predicted octanol–water partition coefficient (Wildman–Crippen LogP) is 6.50. The van der Waals surface area contributed by atoms with E-state index in [0.29, 0.717) is 29.1 Å². The number of hydrogen-bond donors (Lipinski definition) is 1. The number of nitrogens with one attached hydrogen (secondary N) is 1. The van der Waals surface area contributed by atoms with Gasteiger partial charge in [-0.15, -0.1) is 0 Å². The minimum Gasteiger partial charge on any atom is -0.497 e. The van der Waals surface area contributed by atoms with E-state index in [-0.39, 0.29) is 31.1 Å². The zero-order valence-corrected chi connectivity index (χ0v) is 20.7. The maximum atomic E-state index is 13.1. The third-order valence-electron chi connectivity index (χ3n) is 5.92. The molecule has 38 heavy (non-hydrogen) atoms. The zero-order valence-electron chi connectivity index (χ0n) is 20.7. The van der Waals surface area contributed by atoms with Gasteiger partial charge in [0.05, 0.1) is 43.2 Å². The lowest BCUT2D eigenvalue weighted by Crippen LogP contribution is -2.46. The molecule has 7 nitrogen and oxygen atoms in total.